The fourth-order valence-corrected chi connectivity index (χ4v) is 3.68. The van der Waals surface area contributed by atoms with E-state index in [1.165, 1.54) is 0 Å². The Balaban J connectivity index is 1.26. The molecule has 0 spiro atoms. The van der Waals surface area contributed by atoms with Crippen molar-refractivity contribution in [1.82, 2.24) is 4.90 Å². The average Bonchev–Trinajstić information content (AvgIpc) is 3.08. The Kier molecular flexibility index (Phi) is 5.57. The molecule has 2 fully saturated rings. The summed E-state index contributed by atoms with van der Waals surface area (Å²) in [4.78, 5) is 14.6. The summed E-state index contributed by atoms with van der Waals surface area (Å²) in [6.45, 7) is 4.86. The summed E-state index contributed by atoms with van der Waals surface area (Å²) in [5.74, 6) is 1.86. The molecule has 0 saturated carbocycles. The Labute approximate surface area is 153 Å². The van der Waals surface area contributed by atoms with Crippen LogP contribution in [0.5, 0.6) is 11.5 Å². The summed E-state index contributed by atoms with van der Waals surface area (Å²) in [5, 5.41) is 2.96. The molecule has 2 saturated heterocycles. The Morgan fingerprint density at radius 3 is 2.54 bits per heavy atom. The first-order valence-electron chi connectivity index (χ1n) is 9.43. The quantitative estimate of drug-likeness (QED) is 0.882. The Bertz CT molecular complexity index is 624. The molecule has 7 nitrogen and oxygen atoms in total. The molecular formula is C19H26N2O5. The van der Waals surface area contributed by atoms with Crippen molar-refractivity contribution in [1.29, 1.82) is 0 Å². The minimum Gasteiger partial charge on any atom is -0.490 e. The Hall–Kier alpha value is -1.83. The second-order valence-electron chi connectivity index (χ2n) is 6.98. The third-order valence-electron chi connectivity index (χ3n) is 5.06. The molecule has 0 aromatic heterocycles. The topological polar surface area (TPSA) is 69.3 Å². The maximum atomic E-state index is 12.4. The van der Waals surface area contributed by atoms with E-state index in [9.17, 15) is 4.79 Å². The van der Waals surface area contributed by atoms with Crippen molar-refractivity contribution >= 4 is 11.6 Å². The minimum absolute atomic E-state index is 0.00805. The third-order valence-corrected chi connectivity index (χ3v) is 5.06. The van der Waals surface area contributed by atoms with Crippen LogP contribution < -0.4 is 14.8 Å². The van der Waals surface area contributed by atoms with Crippen LogP contribution in [0, 0.1) is 5.92 Å². The molecule has 1 aromatic carbocycles. The molecule has 3 aliphatic heterocycles. The van der Waals surface area contributed by atoms with Crippen molar-refractivity contribution in [3.8, 4) is 11.5 Å². The number of carbonyl (C=O) groups is 1. The van der Waals surface area contributed by atoms with E-state index < -0.39 is 0 Å². The van der Waals surface area contributed by atoms with Gasteiger partial charge in [-0.15, -0.1) is 0 Å². The van der Waals surface area contributed by atoms with E-state index in [-0.39, 0.29) is 12.2 Å². The summed E-state index contributed by atoms with van der Waals surface area (Å²) < 4.78 is 22.5. The zero-order chi connectivity index (χ0) is 17.8. The molecule has 1 amide bonds. The lowest BCUT2D eigenvalue weighted by Gasteiger charge is -2.33. The van der Waals surface area contributed by atoms with E-state index in [1.807, 2.05) is 18.2 Å². The number of nitrogens with zero attached hydrogens (tertiary/aromatic N) is 1. The van der Waals surface area contributed by atoms with Crippen molar-refractivity contribution in [3.63, 3.8) is 0 Å². The summed E-state index contributed by atoms with van der Waals surface area (Å²) in [6.07, 6.45) is 2.82. The van der Waals surface area contributed by atoms with Crippen molar-refractivity contribution in [2.75, 3.05) is 51.4 Å². The lowest BCUT2D eigenvalue weighted by atomic mass is 9.96. The predicted octanol–water partition coefficient (Wildman–Crippen LogP) is 1.87. The lowest BCUT2D eigenvalue weighted by Crippen LogP contribution is -2.41. The van der Waals surface area contributed by atoms with Crippen LogP contribution in [0.15, 0.2) is 18.2 Å². The number of rotatable bonds is 4. The van der Waals surface area contributed by atoms with Crippen LogP contribution in [0.4, 0.5) is 5.69 Å². The van der Waals surface area contributed by atoms with Crippen LogP contribution >= 0.6 is 0 Å². The lowest BCUT2D eigenvalue weighted by molar-refractivity contribution is -0.119. The molecule has 3 heterocycles. The van der Waals surface area contributed by atoms with Gasteiger partial charge in [0.1, 0.15) is 0 Å². The van der Waals surface area contributed by atoms with E-state index in [4.69, 9.17) is 18.9 Å². The molecule has 26 heavy (non-hydrogen) atoms. The van der Waals surface area contributed by atoms with Gasteiger partial charge in [-0.05, 0) is 38.1 Å². The molecule has 0 atom stereocenters. The van der Waals surface area contributed by atoms with Crippen molar-refractivity contribution < 1.29 is 23.7 Å². The van der Waals surface area contributed by atoms with Gasteiger partial charge in [0.15, 0.2) is 17.8 Å². The molecule has 7 heteroatoms. The number of ether oxygens (including phenoxy) is 4. The monoisotopic (exact) mass is 362 g/mol. The first-order valence-corrected chi connectivity index (χ1v) is 9.43. The fourth-order valence-electron chi connectivity index (χ4n) is 3.68. The highest BCUT2D eigenvalue weighted by molar-refractivity contribution is 5.92. The van der Waals surface area contributed by atoms with Gasteiger partial charge < -0.3 is 24.3 Å². The number of hydrogen-bond acceptors (Lipinski definition) is 6. The summed E-state index contributed by atoms with van der Waals surface area (Å²) in [5.41, 5.74) is 0.738. The number of hydrogen-bond donors (Lipinski definition) is 1. The predicted molar refractivity (Wildman–Crippen MR) is 95.5 cm³/mol. The van der Waals surface area contributed by atoms with Crippen molar-refractivity contribution in [3.05, 3.63) is 18.2 Å². The van der Waals surface area contributed by atoms with Crippen LogP contribution in [-0.2, 0) is 14.3 Å². The summed E-state index contributed by atoms with van der Waals surface area (Å²) in [7, 11) is 0. The number of piperidine rings is 1. The van der Waals surface area contributed by atoms with Gasteiger partial charge in [-0.2, -0.15) is 0 Å². The van der Waals surface area contributed by atoms with Gasteiger partial charge in [0, 0.05) is 24.1 Å². The largest absolute Gasteiger partial charge is 0.490 e. The summed E-state index contributed by atoms with van der Waals surface area (Å²) in [6, 6.07) is 5.54. The highest BCUT2D eigenvalue weighted by atomic mass is 16.7. The number of carbonyl (C=O) groups excluding carboxylic acids is 1. The van der Waals surface area contributed by atoms with Gasteiger partial charge in [0.2, 0.25) is 5.91 Å². The van der Waals surface area contributed by atoms with E-state index in [0.29, 0.717) is 44.6 Å². The Morgan fingerprint density at radius 1 is 1.04 bits per heavy atom. The molecule has 0 unspecified atom stereocenters. The molecule has 0 aliphatic carbocycles. The average molecular weight is 362 g/mol. The molecule has 1 aromatic rings. The number of nitrogens with one attached hydrogen (secondary N) is 1. The zero-order valence-corrected chi connectivity index (χ0v) is 14.9. The van der Waals surface area contributed by atoms with Crippen LogP contribution in [0.1, 0.15) is 19.3 Å². The molecular weight excluding hydrogens is 336 g/mol. The van der Waals surface area contributed by atoms with Gasteiger partial charge in [-0.25, -0.2) is 0 Å². The maximum absolute atomic E-state index is 12.4. The number of benzene rings is 1. The number of fused-ring (bicyclic) bond motifs is 1. The highest BCUT2D eigenvalue weighted by Crippen LogP contribution is 2.32. The standard InChI is InChI=1S/C19H26N2O5/c22-18(13-21-6-4-14(5-7-21)19-25-10-11-26-19)20-15-2-3-16-17(12-15)24-9-1-8-23-16/h2-3,12,14,19H,1,4-11,13H2,(H,20,22). The van der Waals surface area contributed by atoms with Crippen molar-refractivity contribution in [2.24, 2.45) is 5.92 Å². The van der Waals surface area contributed by atoms with E-state index in [0.717, 1.165) is 43.8 Å². The van der Waals surface area contributed by atoms with Crippen LogP contribution in [0.3, 0.4) is 0 Å². The molecule has 142 valence electrons. The zero-order valence-electron chi connectivity index (χ0n) is 14.9. The SMILES string of the molecule is O=C(CN1CCC(C2OCCO2)CC1)Nc1ccc2c(c1)OCCCO2. The van der Waals surface area contributed by atoms with Gasteiger partial charge >= 0.3 is 0 Å². The van der Waals surface area contributed by atoms with Crippen molar-refractivity contribution in [2.45, 2.75) is 25.6 Å². The molecule has 3 aliphatic rings. The molecule has 4 rings (SSSR count). The highest BCUT2D eigenvalue weighted by Gasteiger charge is 2.30. The van der Waals surface area contributed by atoms with E-state index >= 15 is 0 Å². The third kappa shape index (κ3) is 4.28. The molecule has 1 N–H and O–H groups in total. The van der Waals surface area contributed by atoms with Crippen LogP contribution in [0.2, 0.25) is 0 Å². The second-order valence-corrected chi connectivity index (χ2v) is 6.98. The van der Waals surface area contributed by atoms with Crippen LogP contribution in [0.25, 0.3) is 0 Å². The number of amides is 1. The summed E-state index contributed by atoms with van der Waals surface area (Å²) >= 11 is 0. The Morgan fingerprint density at radius 2 is 1.77 bits per heavy atom. The normalized spacial score (nSPS) is 22.2. The fraction of sp³-hybridized carbons (Fsp3) is 0.632. The smallest absolute Gasteiger partial charge is 0.238 e. The minimum atomic E-state index is -0.0484. The number of likely N-dealkylation sites (tertiary alicyclic amines) is 1. The molecule has 0 bridgehead atoms. The first kappa shape index (κ1) is 17.6. The second kappa shape index (κ2) is 8.24. The van der Waals surface area contributed by atoms with Gasteiger partial charge in [0.05, 0.1) is 33.0 Å². The molecule has 0 radical (unpaired) electrons. The number of anilines is 1. The first-order chi connectivity index (χ1) is 12.8. The van der Waals surface area contributed by atoms with E-state index in [1.54, 1.807) is 0 Å². The van der Waals surface area contributed by atoms with E-state index in [2.05, 4.69) is 10.2 Å². The van der Waals surface area contributed by atoms with Crippen LogP contribution in [-0.4, -0.2) is 63.2 Å². The maximum Gasteiger partial charge on any atom is 0.238 e. The van der Waals surface area contributed by atoms with Gasteiger partial charge in [-0.1, -0.05) is 0 Å². The van der Waals surface area contributed by atoms with Gasteiger partial charge in [0.25, 0.3) is 0 Å². The van der Waals surface area contributed by atoms with Gasteiger partial charge in [-0.3, -0.25) is 9.69 Å².